The average molecular weight is 488 g/mol. The van der Waals surface area contributed by atoms with Crippen LogP contribution in [0.25, 0.3) is 11.4 Å². The summed E-state index contributed by atoms with van der Waals surface area (Å²) in [5.41, 5.74) is 4.51. The fraction of sp³-hybridized carbons (Fsp3) is 0.192. The fourth-order valence-electron chi connectivity index (χ4n) is 4.07. The lowest BCUT2D eigenvalue weighted by molar-refractivity contribution is -0.121. The van der Waals surface area contributed by atoms with E-state index in [0.29, 0.717) is 17.1 Å². The van der Waals surface area contributed by atoms with Crippen LogP contribution >= 0.6 is 24.0 Å². The molecule has 0 saturated carbocycles. The summed E-state index contributed by atoms with van der Waals surface area (Å²) in [5, 5.41) is 10.2. The third-order valence-corrected chi connectivity index (χ3v) is 7.22. The Kier molecular flexibility index (Phi) is 6.51. The van der Waals surface area contributed by atoms with Gasteiger partial charge in [-0.1, -0.05) is 65.9 Å². The maximum Gasteiger partial charge on any atom is 0.240 e. The Morgan fingerprint density at radius 3 is 2.32 bits per heavy atom. The van der Waals surface area contributed by atoms with Gasteiger partial charge in [0.25, 0.3) is 0 Å². The molecule has 4 aromatic rings. The molecule has 0 fully saturated rings. The first-order valence-corrected chi connectivity index (χ1v) is 12.4. The van der Waals surface area contributed by atoms with Gasteiger partial charge in [0.2, 0.25) is 5.91 Å². The number of anilines is 2. The van der Waals surface area contributed by atoms with Crippen molar-refractivity contribution in [3.05, 3.63) is 83.1 Å². The summed E-state index contributed by atoms with van der Waals surface area (Å²) < 4.78 is 2.17. The molecular weight excluding hydrogens is 462 g/mol. The number of aromatic nitrogens is 3. The lowest BCUT2D eigenvalue weighted by Crippen LogP contribution is -2.31. The predicted molar refractivity (Wildman–Crippen MR) is 139 cm³/mol. The minimum absolute atomic E-state index is 0.0825. The summed E-state index contributed by atoms with van der Waals surface area (Å²) in [4.78, 5) is 17.6. The van der Waals surface area contributed by atoms with Gasteiger partial charge in [0.1, 0.15) is 6.54 Å². The second-order valence-corrected chi connectivity index (χ2v) is 9.67. The second kappa shape index (κ2) is 9.87. The third kappa shape index (κ3) is 4.64. The lowest BCUT2D eigenvalue weighted by Gasteiger charge is -2.32. The fourth-order valence-corrected chi connectivity index (χ4v) is 5.37. The molecule has 0 saturated heterocycles. The van der Waals surface area contributed by atoms with E-state index in [9.17, 15) is 4.79 Å². The van der Waals surface area contributed by atoms with Crippen molar-refractivity contribution in [3.8, 4) is 11.4 Å². The van der Waals surface area contributed by atoms with Crippen molar-refractivity contribution in [1.29, 1.82) is 0 Å². The quantitative estimate of drug-likeness (QED) is 0.258. The first-order chi connectivity index (χ1) is 16.6. The summed E-state index contributed by atoms with van der Waals surface area (Å²) in [5.74, 6) is 0.583. The first-order valence-electron chi connectivity index (χ1n) is 11.2. The standard InChI is InChI=1S/C26H25N5OS2/c1-18-11-13-19(14-12-18)25-28-29-26(33)31(25)17-24(32)27-15-6-16-30-20-7-2-4-9-22(20)34-23-10-5-3-8-21(23)30/h2-5,7-14H,6,15-17H2,1H3,(H,27,32)(H,29,33). The molecule has 1 aliphatic heterocycles. The molecule has 0 atom stereocenters. The van der Waals surface area contributed by atoms with Crippen LogP contribution in [-0.2, 0) is 11.3 Å². The molecule has 1 amide bonds. The Labute approximate surface area is 208 Å². The number of para-hydroxylation sites is 2. The Bertz CT molecular complexity index is 1330. The Morgan fingerprint density at radius 2 is 1.65 bits per heavy atom. The zero-order chi connectivity index (χ0) is 23.5. The van der Waals surface area contributed by atoms with Gasteiger partial charge in [-0.15, -0.1) is 0 Å². The molecule has 2 heterocycles. The van der Waals surface area contributed by atoms with Crippen molar-refractivity contribution in [2.45, 2.75) is 29.7 Å². The van der Waals surface area contributed by atoms with Crippen LogP contribution in [0.1, 0.15) is 12.0 Å². The van der Waals surface area contributed by atoms with E-state index >= 15 is 0 Å². The number of benzene rings is 3. The molecule has 6 nitrogen and oxygen atoms in total. The van der Waals surface area contributed by atoms with Gasteiger partial charge in [-0.2, -0.15) is 5.10 Å². The highest BCUT2D eigenvalue weighted by molar-refractivity contribution is 7.99. The van der Waals surface area contributed by atoms with Crippen molar-refractivity contribution in [3.63, 3.8) is 0 Å². The number of hydrogen-bond donors (Lipinski definition) is 2. The molecular formula is C26H25N5OS2. The van der Waals surface area contributed by atoms with Crippen molar-refractivity contribution >= 4 is 41.3 Å². The van der Waals surface area contributed by atoms with Crippen LogP contribution in [0.3, 0.4) is 0 Å². The monoisotopic (exact) mass is 487 g/mol. The molecule has 8 heteroatoms. The third-order valence-electron chi connectivity index (χ3n) is 5.78. The number of carbonyl (C=O) groups is 1. The zero-order valence-electron chi connectivity index (χ0n) is 18.8. The van der Waals surface area contributed by atoms with Crippen LogP contribution in [0.15, 0.2) is 82.6 Å². The summed E-state index contributed by atoms with van der Waals surface area (Å²) in [7, 11) is 0. The van der Waals surface area contributed by atoms with Crippen LogP contribution in [0.5, 0.6) is 0 Å². The number of aryl methyl sites for hydroxylation is 1. The number of carbonyl (C=O) groups excluding carboxylic acids is 1. The number of aromatic amines is 1. The Balaban J connectivity index is 1.21. The summed E-state index contributed by atoms with van der Waals surface area (Å²) >= 11 is 7.17. The van der Waals surface area contributed by atoms with Gasteiger partial charge in [-0.25, -0.2) is 0 Å². The highest BCUT2D eigenvalue weighted by Gasteiger charge is 2.22. The molecule has 1 aromatic heterocycles. The molecule has 0 unspecified atom stereocenters. The van der Waals surface area contributed by atoms with Gasteiger partial charge >= 0.3 is 0 Å². The van der Waals surface area contributed by atoms with Gasteiger partial charge in [-0.05, 0) is 49.8 Å². The van der Waals surface area contributed by atoms with E-state index in [2.05, 4.69) is 68.9 Å². The van der Waals surface area contributed by atoms with Crippen LogP contribution in [0.2, 0.25) is 0 Å². The van der Waals surface area contributed by atoms with E-state index in [1.807, 2.05) is 31.2 Å². The van der Waals surface area contributed by atoms with Crippen LogP contribution in [-0.4, -0.2) is 33.8 Å². The molecule has 172 valence electrons. The molecule has 0 aliphatic carbocycles. The van der Waals surface area contributed by atoms with E-state index in [1.165, 1.54) is 26.7 Å². The van der Waals surface area contributed by atoms with Gasteiger partial charge in [-0.3, -0.25) is 14.5 Å². The summed E-state index contributed by atoms with van der Waals surface area (Å²) in [6.07, 6.45) is 0.820. The lowest BCUT2D eigenvalue weighted by atomic mass is 10.1. The SMILES string of the molecule is Cc1ccc(-c2n[nH]c(=S)n2CC(=O)NCCCN2c3ccccc3Sc3ccccc32)cc1. The number of nitrogens with one attached hydrogen (secondary N) is 2. The van der Waals surface area contributed by atoms with Crippen LogP contribution < -0.4 is 10.2 Å². The minimum atomic E-state index is -0.0825. The largest absolute Gasteiger partial charge is 0.354 e. The average Bonchev–Trinajstić information content (AvgIpc) is 3.21. The number of amides is 1. The van der Waals surface area contributed by atoms with Crippen LogP contribution in [0, 0.1) is 11.7 Å². The molecule has 0 bridgehead atoms. The number of nitrogens with zero attached hydrogens (tertiary/aromatic N) is 3. The minimum Gasteiger partial charge on any atom is -0.354 e. The number of fused-ring (bicyclic) bond motifs is 2. The number of hydrogen-bond acceptors (Lipinski definition) is 5. The summed E-state index contributed by atoms with van der Waals surface area (Å²) in [6.45, 7) is 3.56. The molecule has 34 heavy (non-hydrogen) atoms. The van der Waals surface area contributed by atoms with Crippen molar-refractivity contribution < 1.29 is 4.79 Å². The van der Waals surface area contributed by atoms with Crippen molar-refractivity contribution in [1.82, 2.24) is 20.1 Å². The van der Waals surface area contributed by atoms with E-state index in [4.69, 9.17) is 12.2 Å². The van der Waals surface area contributed by atoms with E-state index in [1.54, 1.807) is 16.3 Å². The van der Waals surface area contributed by atoms with Gasteiger partial charge in [0.05, 0.1) is 11.4 Å². The zero-order valence-corrected chi connectivity index (χ0v) is 20.5. The smallest absolute Gasteiger partial charge is 0.240 e. The highest BCUT2D eigenvalue weighted by atomic mass is 32.2. The highest BCUT2D eigenvalue weighted by Crippen LogP contribution is 2.47. The molecule has 5 rings (SSSR count). The van der Waals surface area contributed by atoms with E-state index in [-0.39, 0.29) is 12.5 Å². The molecule has 2 N–H and O–H groups in total. The Morgan fingerprint density at radius 1 is 1.00 bits per heavy atom. The van der Waals surface area contributed by atoms with Gasteiger partial charge < -0.3 is 10.2 Å². The molecule has 3 aromatic carbocycles. The second-order valence-electron chi connectivity index (χ2n) is 8.20. The topological polar surface area (TPSA) is 66.0 Å². The number of H-pyrrole nitrogens is 1. The number of rotatable bonds is 7. The molecule has 0 radical (unpaired) electrons. The maximum atomic E-state index is 12.7. The summed E-state index contributed by atoms with van der Waals surface area (Å²) in [6, 6.07) is 24.9. The first kappa shape index (κ1) is 22.4. The van der Waals surface area contributed by atoms with E-state index in [0.717, 1.165) is 18.5 Å². The van der Waals surface area contributed by atoms with Gasteiger partial charge in [0.15, 0.2) is 10.6 Å². The van der Waals surface area contributed by atoms with Crippen molar-refractivity contribution in [2.75, 3.05) is 18.0 Å². The van der Waals surface area contributed by atoms with Gasteiger partial charge in [0, 0.05) is 28.4 Å². The molecule has 0 spiro atoms. The predicted octanol–water partition coefficient (Wildman–Crippen LogP) is 5.73. The maximum absolute atomic E-state index is 12.7. The normalized spacial score (nSPS) is 12.2. The molecule has 1 aliphatic rings. The Hall–Kier alpha value is -3.36. The van der Waals surface area contributed by atoms with Crippen LogP contribution in [0.4, 0.5) is 11.4 Å². The van der Waals surface area contributed by atoms with E-state index < -0.39 is 0 Å². The van der Waals surface area contributed by atoms with Crippen molar-refractivity contribution in [2.24, 2.45) is 0 Å².